The van der Waals surface area contributed by atoms with Gasteiger partial charge in [0, 0.05) is 13.5 Å². The Bertz CT molecular complexity index is 656. The van der Waals surface area contributed by atoms with Gasteiger partial charge in [-0.1, -0.05) is 54.6 Å². The average Bonchev–Trinajstić information content (AvgIpc) is 2.88. The van der Waals surface area contributed by atoms with Gasteiger partial charge in [-0.25, -0.2) is 4.79 Å². The van der Waals surface area contributed by atoms with Crippen molar-refractivity contribution >= 4 is 6.09 Å². The van der Waals surface area contributed by atoms with Crippen molar-refractivity contribution in [3.8, 4) is 0 Å². The highest BCUT2D eigenvalue weighted by Gasteiger charge is 2.36. The van der Waals surface area contributed by atoms with E-state index in [1.165, 1.54) is 4.90 Å². The first kappa shape index (κ1) is 14.6. The molecule has 0 radical (unpaired) electrons. The molecule has 2 aromatic rings. The van der Waals surface area contributed by atoms with Crippen LogP contribution < -0.4 is 0 Å². The maximum absolute atomic E-state index is 12.3. The standard InChI is InChI=1S/C18H19NO3/c1-19(18(21)22-12-13-7-3-2-4-8-13)17-15-10-6-5-9-14(15)11-16(17)20/h2-10,16-17,20H,11-12H2,1H3/t16-,17+/m0/s1. The molecule has 1 aliphatic rings. The van der Waals surface area contributed by atoms with Crippen LogP contribution in [0.25, 0.3) is 0 Å². The Labute approximate surface area is 130 Å². The summed E-state index contributed by atoms with van der Waals surface area (Å²) < 4.78 is 5.34. The van der Waals surface area contributed by atoms with Crippen LogP contribution in [-0.2, 0) is 17.8 Å². The zero-order valence-electron chi connectivity index (χ0n) is 12.5. The fourth-order valence-electron chi connectivity index (χ4n) is 2.95. The second-order valence-corrected chi connectivity index (χ2v) is 5.57. The van der Waals surface area contributed by atoms with E-state index in [4.69, 9.17) is 4.74 Å². The van der Waals surface area contributed by atoms with Crippen molar-refractivity contribution in [3.63, 3.8) is 0 Å². The van der Waals surface area contributed by atoms with E-state index in [-0.39, 0.29) is 12.6 Å². The molecule has 2 atom stereocenters. The monoisotopic (exact) mass is 297 g/mol. The molecule has 2 aromatic carbocycles. The molecule has 0 bridgehead atoms. The lowest BCUT2D eigenvalue weighted by atomic mass is 10.1. The van der Waals surface area contributed by atoms with Crippen molar-refractivity contribution in [2.24, 2.45) is 0 Å². The molecule has 4 nitrogen and oxygen atoms in total. The summed E-state index contributed by atoms with van der Waals surface area (Å²) in [4.78, 5) is 13.7. The van der Waals surface area contributed by atoms with E-state index in [9.17, 15) is 9.90 Å². The number of carbonyl (C=O) groups excluding carboxylic acids is 1. The third-order valence-corrected chi connectivity index (χ3v) is 4.08. The molecule has 0 unspecified atom stereocenters. The van der Waals surface area contributed by atoms with Crippen molar-refractivity contribution in [2.45, 2.75) is 25.2 Å². The van der Waals surface area contributed by atoms with Gasteiger partial charge in [0.15, 0.2) is 0 Å². The fraction of sp³-hybridized carbons (Fsp3) is 0.278. The number of nitrogens with zero attached hydrogens (tertiary/aromatic N) is 1. The van der Waals surface area contributed by atoms with Crippen LogP contribution in [0.1, 0.15) is 22.7 Å². The molecule has 1 aliphatic carbocycles. The van der Waals surface area contributed by atoms with E-state index >= 15 is 0 Å². The van der Waals surface area contributed by atoms with Crippen molar-refractivity contribution < 1.29 is 14.6 Å². The normalized spacial score (nSPS) is 19.5. The second-order valence-electron chi connectivity index (χ2n) is 5.57. The highest BCUT2D eigenvalue weighted by molar-refractivity contribution is 5.68. The van der Waals surface area contributed by atoms with Gasteiger partial charge in [0.2, 0.25) is 0 Å². The molecular formula is C18H19NO3. The van der Waals surface area contributed by atoms with Crippen LogP contribution in [0.2, 0.25) is 0 Å². The Morgan fingerprint density at radius 1 is 1.18 bits per heavy atom. The number of benzene rings is 2. The number of hydrogen-bond donors (Lipinski definition) is 1. The van der Waals surface area contributed by atoms with Gasteiger partial charge in [-0.2, -0.15) is 0 Å². The Balaban J connectivity index is 1.68. The lowest BCUT2D eigenvalue weighted by Crippen LogP contribution is -2.36. The lowest BCUT2D eigenvalue weighted by molar-refractivity contribution is 0.0493. The minimum atomic E-state index is -0.591. The summed E-state index contributed by atoms with van der Waals surface area (Å²) in [5, 5.41) is 10.3. The minimum Gasteiger partial charge on any atom is -0.445 e. The average molecular weight is 297 g/mol. The van der Waals surface area contributed by atoms with Gasteiger partial charge >= 0.3 is 6.09 Å². The van der Waals surface area contributed by atoms with Gasteiger partial charge in [-0.3, -0.25) is 0 Å². The van der Waals surface area contributed by atoms with Gasteiger partial charge in [0.05, 0.1) is 12.1 Å². The summed E-state index contributed by atoms with van der Waals surface area (Å²) >= 11 is 0. The summed E-state index contributed by atoms with van der Waals surface area (Å²) in [6, 6.07) is 17.0. The van der Waals surface area contributed by atoms with Crippen LogP contribution >= 0.6 is 0 Å². The number of likely N-dealkylation sites (N-methyl/N-ethyl adjacent to an activating group) is 1. The summed E-state index contributed by atoms with van der Waals surface area (Å²) in [5.74, 6) is 0. The third kappa shape index (κ3) is 2.83. The predicted molar refractivity (Wildman–Crippen MR) is 83.3 cm³/mol. The largest absolute Gasteiger partial charge is 0.445 e. The van der Waals surface area contributed by atoms with Crippen LogP contribution in [0.3, 0.4) is 0 Å². The number of hydrogen-bond acceptors (Lipinski definition) is 3. The number of carbonyl (C=O) groups is 1. The van der Waals surface area contributed by atoms with Crippen LogP contribution in [-0.4, -0.2) is 29.3 Å². The van der Waals surface area contributed by atoms with Gasteiger partial charge in [0.25, 0.3) is 0 Å². The van der Waals surface area contributed by atoms with E-state index in [1.54, 1.807) is 7.05 Å². The molecule has 0 fully saturated rings. The molecule has 0 heterocycles. The summed E-state index contributed by atoms with van der Waals surface area (Å²) in [7, 11) is 1.67. The summed E-state index contributed by atoms with van der Waals surface area (Å²) in [6.07, 6.45) is -0.451. The van der Waals surface area contributed by atoms with Crippen molar-refractivity contribution in [1.29, 1.82) is 0 Å². The molecule has 0 aliphatic heterocycles. The van der Waals surface area contributed by atoms with Crippen LogP contribution in [0.4, 0.5) is 4.79 Å². The molecule has 0 spiro atoms. The van der Waals surface area contributed by atoms with Gasteiger partial charge in [-0.05, 0) is 16.7 Å². The SMILES string of the molecule is CN(C(=O)OCc1ccccc1)[C@@H]1c2ccccc2C[C@@H]1O. The molecule has 114 valence electrons. The number of aliphatic hydroxyl groups is 1. The molecule has 0 aromatic heterocycles. The molecule has 0 saturated heterocycles. The fourth-order valence-corrected chi connectivity index (χ4v) is 2.95. The van der Waals surface area contributed by atoms with Crippen molar-refractivity contribution in [3.05, 3.63) is 71.3 Å². The minimum absolute atomic E-state index is 0.231. The molecule has 22 heavy (non-hydrogen) atoms. The van der Waals surface area contributed by atoms with Gasteiger partial charge in [-0.15, -0.1) is 0 Å². The molecule has 3 rings (SSSR count). The van der Waals surface area contributed by atoms with Crippen LogP contribution in [0.5, 0.6) is 0 Å². The van der Waals surface area contributed by atoms with E-state index in [0.29, 0.717) is 6.42 Å². The van der Waals surface area contributed by atoms with E-state index < -0.39 is 12.2 Å². The van der Waals surface area contributed by atoms with Gasteiger partial charge < -0.3 is 14.7 Å². The second kappa shape index (κ2) is 6.20. The topological polar surface area (TPSA) is 49.8 Å². The number of fused-ring (bicyclic) bond motifs is 1. The molecule has 1 amide bonds. The molecule has 1 N–H and O–H groups in total. The Morgan fingerprint density at radius 2 is 1.86 bits per heavy atom. The van der Waals surface area contributed by atoms with Crippen LogP contribution in [0, 0.1) is 0 Å². The smallest absolute Gasteiger partial charge is 0.410 e. The van der Waals surface area contributed by atoms with Crippen molar-refractivity contribution in [2.75, 3.05) is 7.05 Å². The number of aliphatic hydroxyl groups excluding tert-OH is 1. The zero-order chi connectivity index (χ0) is 15.5. The highest BCUT2D eigenvalue weighted by Crippen LogP contribution is 2.35. The highest BCUT2D eigenvalue weighted by atomic mass is 16.6. The molecular weight excluding hydrogens is 278 g/mol. The zero-order valence-corrected chi connectivity index (χ0v) is 12.5. The van der Waals surface area contributed by atoms with Crippen LogP contribution in [0.15, 0.2) is 54.6 Å². The number of amides is 1. The van der Waals surface area contributed by atoms with Crippen molar-refractivity contribution in [1.82, 2.24) is 4.90 Å². The third-order valence-electron chi connectivity index (χ3n) is 4.08. The maximum atomic E-state index is 12.3. The molecule has 4 heteroatoms. The first-order chi connectivity index (χ1) is 10.7. The first-order valence-electron chi connectivity index (χ1n) is 7.36. The Hall–Kier alpha value is -2.33. The van der Waals surface area contributed by atoms with E-state index in [1.807, 2.05) is 54.6 Å². The predicted octanol–water partition coefficient (Wildman–Crippen LogP) is 2.91. The van der Waals surface area contributed by atoms with E-state index in [0.717, 1.165) is 16.7 Å². The summed E-state index contributed by atoms with van der Waals surface area (Å²) in [6.45, 7) is 0.231. The maximum Gasteiger partial charge on any atom is 0.410 e. The Morgan fingerprint density at radius 3 is 2.64 bits per heavy atom. The lowest BCUT2D eigenvalue weighted by Gasteiger charge is -2.27. The number of ether oxygens (including phenoxy) is 1. The van der Waals surface area contributed by atoms with E-state index in [2.05, 4.69) is 0 Å². The summed E-state index contributed by atoms with van der Waals surface area (Å²) in [5.41, 5.74) is 3.02. The number of rotatable bonds is 3. The first-order valence-corrected chi connectivity index (χ1v) is 7.36. The van der Waals surface area contributed by atoms with Gasteiger partial charge in [0.1, 0.15) is 6.61 Å². The molecule has 0 saturated carbocycles. The Kier molecular flexibility index (Phi) is 4.11. The quantitative estimate of drug-likeness (QED) is 0.947.